The summed E-state index contributed by atoms with van der Waals surface area (Å²) in [6.07, 6.45) is 0. The number of methoxy groups -OCH3 is 1. The smallest absolute Gasteiger partial charge is 0.158 e. The molecule has 0 amide bonds. The molecule has 0 unspecified atom stereocenters. The normalized spacial score (nSPS) is 16.4. The highest BCUT2D eigenvalue weighted by Crippen LogP contribution is 2.19. The fraction of sp³-hybridized carbons (Fsp3) is 0.600. The van der Waals surface area contributed by atoms with Crippen LogP contribution in [0.3, 0.4) is 0 Å². The Morgan fingerprint density at radius 3 is 2.88 bits per heavy atom. The number of anilines is 2. The van der Waals surface area contributed by atoms with Crippen molar-refractivity contribution in [2.45, 2.75) is 6.61 Å². The van der Waals surface area contributed by atoms with E-state index in [0.717, 1.165) is 30.4 Å². The Bertz CT molecular complexity index is 355. The fourth-order valence-electron chi connectivity index (χ4n) is 1.65. The molecule has 0 spiro atoms. The van der Waals surface area contributed by atoms with Gasteiger partial charge >= 0.3 is 0 Å². The lowest BCUT2D eigenvalue weighted by atomic mass is 10.4. The molecule has 1 fully saturated rings. The van der Waals surface area contributed by atoms with Crippen molar-refractivity contribution < 1.29 is 4.74 Å². The van der Waals surface area contributed by atoms with Gasteiger partial charge in [-0.3, -0.25) is 0 Å². The largest absolute Gasteiger partial charge is 0.384 e. The van der Waals surface area contributed by atoms with Gasteiger partial charge in [0.2, 0.25) is 0 Å². The lowest BCUT2D eigenvalue weighted by Gasteiger charge is -2.27. The zero-order valence-electron chi connectivity index (χ0n) is 9.35. The van der Waals surface area contributed by atoms with E-state index < -0.39 is 0 Å². The van der Waals surface area contributed by atoms with Crippen LogP contribution in [0.5, 0.6) is 0 Å². The predicted molar refractivity (Wildman–Crippen MR) is 66.7 cm³/mol. The number of hydrogen-bond donors (Lipinski definition) is 1. The van der Waals surface area contributed by atoms with Crippen LogP contribution in [0.25, 0.3) is 0 Å². The molecule has 16 heavy (non-hydrogen) atoms. The maximum Gasteiger partial charge on any atom is 0.158 e. The van der Waals surface area contributed by atoms with Crippen LogP contribution in [0.1, 0.15) is 5.82 Å². The Balaban J connectivity index is 2.18. The maximum absolute atomic E-state index is 5.76. The van der Waals surface area contributed by atoms with Gasteiger partial charge in [0.25, 0.3) is 0 Å². The summed E-state index contributed by atoms with van der Waals surface area (Å²) >= 11 is 1.97. The molecule has 0 radical (unpaired) electrons. The van der Waals surface area contributed by atoms with E-state index in [0.29, 0.717) is 18.2 Å². The molecule has 0 atom stereocenters. The van der Waals surface area contributed by atoms with Crippen molar-refractivity contribution in [2.24, 2.45) is 0 Å². The van der Waals surface area contributed by atoms with Crippen LogP contribution < -0.4 is 10.6 Å². The van der Waals surface area contributed by atoms with Crippen LogP contribution in [0.15, 0.2) is 6.07 Å². The minimum atomic E-state index is 0.403. The molecule has 2 N–H and O–H groups in total. The first-order valence-corrected chi connectivity index (χ1v) is 6.40. The molecule has 1 aromatic rings. The molecule has 6 heteroatoms. The standard InChI is InChI=1S/C10H16N4OS/c1-15-7-9-12-8(11)6-10(13-9)14-2-4-16-5-3-14/h6H,2-5,7H2,1H3,(H2,11,12,13). The number of aromatic nitrogens is 2. The van der Waals surface area contributed by atoms with Crippen LogP contribution >= 0.6 is 11.8 Å². The summed E-state index contributed by atoms with van der Waals surface area (Å²) in [5.74, 6) is 4.36. The van der Waals surface area contributed by atoms with Crippen molar-refractivity contribution in [3.63, 3.8) is 0 Å². The first-order valence-electron chi connectivity index (χ1n) is 5.24. The second-order valence-corrected chi connectivity index (χ2v) is 4.82. The van der Waals surface area contributed by atoms with Crippen LogP contribution in [0.2, 0.25) is 0 Å². The summed E-state index contributed by atoms with van der Waals surface area (Å²) in [4.78, 5) is 10.8. The zero-order valence-corrected chi connectivity index (χ0v) is 10.2. The van der Waals surface area contributed by atoms with Gasteiger partial charge in [-0.1, -0.05) is 0 Å². The Hall–Kier alpha value is -1.01. The summed E-state index contributed by atoms with van der Waals surface area (Å²) in [5.41, 5.74) is 5.76. The highest BCUT2D eigenvalue weighted by molar-refractivity contribution is 7.99. The summed E-state index contributed by atoms with van der Waals surface area (Å²) in [5, 5.41) is 0. The first kappa shape index (κ1) is 11.5. The number of nitrogens with zero attached hydrogens (tertiary/aromatic N) is 3. The zero-order chi connectivity index (χ0) is 11.4. The number of hydrogen-bond acceptors (Lipinski definition) is 6. The van der Waals surface area contributed by atoms with Crippen LogP contribution in [-0.2, 0) is 11.3 Å². The summed E-state index contributed by atoms with van der Waals surface area (Å²) < 4.78 is 5.02. The Labute approximate surface area is 99.4 Å². The van der Waals surface area contributed by atoms with E-state index in [1.807, 2.05) is 17.8 Å². The van der Waals surface area contributed by atoms with E-state index in [4.69, 9.17) is 10.5 Å². The van der Waals surface area contributed by atoms with Gasteiger partial charge in [0.1, 0.15) is 18.2 Å². The number of nitrogen functional groups attached to an aromatic ring is 1. The number of nitrogens with two attached hydrogens (primary N) is 1. The highest BCUT2D eigenvalue weighted by Gasteiger charge is 2.14. The number of rotatable bonds is 3. The molecular weight excluding hydrogens is 224 g/mol. The van der Waals surface area contributed by atoms with Gasteiger partial charge in [0.15, 0.2) is 5.82 Å². The summed E-state index contributed by atoms with van der Waals surface area (Å²) in [6.45, 7) is 2.45. The molecule has 1 aliphatic rings. The highest BCUT2D eigenvalue weighted by atomic mass is 32.2. The van der Waals surface area contributed by atoms with Crippen molar-refractivity contribution >= 4 is 23.4 Å². The topological polar surface area (TPSA) is 64.3 Å². The van der Waals surface area contributed by atoms with Gasteiger partial charge < -0.3 is 15.4 Å². The van der Waals surface area contributed by atoms with Crippen molar-refractivity contribution in [3.05, 3.63) is 11.9 Å². The maximum atomic E-state index is 5.76. The molecule has 88 valence electrons. The van der Waals surface area contributed by atoms with Crippen molar-refractivity contribution in [1.82, 2.24) is 9.97 Å². The Kier molecular flexibility index (Phi) is 3.84. The van der Waals surface area contributed by atoms with Gasteiger partial charge in [-0.15, -0.1) is 0 Å². The summed E-state index contributed by atoms with van der Waals surface area (Å²) in [6, 6.07) is 1.83. The third-order valence-corrected chi connectivity index (χ3v) is 3.33. The van der Waals surface area contributed by atoms with Crippen molar-refractivity contribution in [3.8, 4) is 0 Å². The van der Waals surface area contributed by atoms with Crippen LogP contribution in [-0.4, -0.2) is 41.7 Å². The molecule has 5 nitrogen and oxygen atoms in total. The van der Waals surface area contributed by atoms with Gasteiger partial charge in [0, 0.05) is 37.8 Å². The quantitative estimate of drug-likeness (QED) is 0.841. The van der Waals surface area contributed by atoms with Crippen molar-refractivity contribution in [2.75, 3.05) is 42.3 Å². The van der Waals surface area contributed by atoms with Crippen LogP contribution in [0.4, 0.5) is 11.6 Å². The van der Waals surface area contributed by atoms with E-state index in [2.05, 4.69) is 14.9 Å². The lowest BCUT2D eigenvalue weighted by Crippen LogP contribution is -2.33. The third-order valence-electron chi connectivity index (χ3n) is 2.39. The average molecular weight is 240 g/mol. The van der Waals surface area contributed by atoms with Gasteiger partial charge in [-0.25, -0.2) is 9.97 Å². The second kappa shape index (κ2) is 5.36. The third kappa shape index (κ3) is 2.76. The van der Waals surface area contributed by atoms with E-state index in [1.165, 1.54) is 0 Å². The molecule has 1 aromatic heterocycles. The molecule has 0 bridgehead atoms. The van der Waals surface area contributed by atoms with Gasteiger partial charge in [-0.2, -0.15) is 11.8 Å². The molecule has 1 aliphatic heterocycles. The molecule has 0 aliphatic carbocycles. The SMILES string of the molecule is COCc1nc(N)cc(N2CCSCC2)n1. The van der Waals surface area contributed by atoms with E-state index in [1.54, 1.807) is 7.11 Å². The average Bonchev–Trinajstić information content (AvgIpc) is 2.30. The molecule has 2 heterocycles. The van der Waals surface area contributed by atoms with Crippen molar-refractivity contribution in [1.29, 1.82) is 0 Å². The van der Waals surface area contributed by atoms with E-state index >= 15 is 0 Å². The number of thioether (sulfide) groups is 1. The Morgan fingerprint density at radius 1 is 1.44 bits per heavy atom. The van der Waals surface area contributed by atoms with E-state index in [9.17, 15) is 0 Å². The molecule has 1 saturated heterocycles. The molecular formula is C10H16N4OS. The molecule has 0 aromatic carbocycles. The minimum Gasteiger partial charge on any atom is -0.384 e. The summed E-state index contributed by atoms with van der Waals surface area (Å²) in [7, 11) is 1.63. The lowest BCUT2D eigenvalue weighted by molar-refractivity contribution is 0.178. The predicted octanol–water partition coefficient (Wildman–Crippen LogP) is 0.758. The monoisotopic (exact) mass is 240 g/mol. The number of ether oxygens (including phenoxy) is 1. The van der Waals surface area contributed by atoms with E-state index in [-0.39, 0.29) is 0 Å². The van der Waals surface area contributed by atoms with Gasteiger partial charge in [0.05, 0.1) is 0 Å². The Morgan fingerprint density at radius 2 is 2.19 bits per heavy atom. The van der Waals surface area contributed by atoms with Crippen LogP contribution in [0, 0.1) is 0 Å². The van der Waals surface area contributed by atoms with Gasteiger partial charge in [-0.05, 0) is 0 Å². The molecule has 2 rings (SSSR count). The fourth-order valence-corrected chi connectivity index (χ4v) is 2.55. The minimum absolute atomic E-state index is 0.403. The molecule has 0 saturated carbocycles. The second-order valence-electron chi connectivity index (χ2n) is 3.60. The first-order chi connectivity index (χ1) is 7.79.